The van der Waals surface area contributed by atoms with Crippen LogP contribution < -0.4 is 17.0 Å². The summed E-state index contributed by atoms with van der Waals surface area (Å²) >= 11 is 3.67. The zero-order valence-electron chi connectivity index (χ0n) is 22.4. The fourth-order valence-corrected chi connectivity index (χ4v) is 6.79. The molecule has 0 aromatic carbocycles. The van der Waals surface area contributed by atoms with Crippen LogP contribution in [0.5, 0.6) is 0 Å². The first-order valence-corrected chi connectivity index (χ1v) is 16.7. The smallest absolute Gasteiger partial charge is 0.397 e. The standard InChI is InChI=1S/C21H23F2N9O10P2S/c22-10-8(3-33)39-20(32-6-28-13-17(32)29-21(25)30-18(13)34)15(10)42-44(36,37)38-4-9-14(41-43(35)45)11(23)19(40-9)31-5-27-12-7(24)1-2-26-16(12)31/h1-2,5-6,8-11,14-15,19-20,33H,3-4H2,(H6-,24,25,26,29,30,34,35,36,37,45)/p+1/t8-,9-,10-,11+,14-,15-,19-,20-/m1/s1. The van der Waals surface area contributed by atoms with Gasteiger partial charge in [0.05, 0.1) is 31.6 Å². The number of H-pyrrole nitrogens is 1. The van der Waals surface area contributed by atoms with E-state index in [-0.39, 0.29) is 34.0 Å². The summed E-state index contributed by atoms with van der Waals surface area (Å²) in [6.45, 7) is -1.73. The summed E-state index contributed by atoms with van der Waals surface area (Å²) in [4.78, 5) is 41.1. The van der Waals surface area contributed by atoms with Crippen LogP contribution >= 0.6 is 27.3 Å². The van der Waals surface area contributed by atoms with E-state index >= 15 is 8.78 Å². The number of hydrogen-bond donors (Lipinski definition) is 6. The fourth-order valence-electron chi connectivity index (χ4n) is 5.08. The number of ether oxygens (including phenoxy) is 2. The predicted octanol–water partition coefficient (Wildman–Crippen LogP) is 0.667. The van der Waals surface area contributed by atoms with Crippen LogP contribution in [0.1, 0.15) is 12.5 Å². The first-order valence-electron chi connectivity index (χ1n) is 12.9. The number of nitrogens with two attached hydrogens (primary N) is 2. The van der Waals surface area contributed by atoms with Crippen molar-refractivity contribution in [2.24, 2.45) is 0 Å². The Hall–Kier alpha value is -3.17. The molecule has 2 aliphatic rings. The van der Waals surface area contributed by atoms with Crippen molar-refractivity contribution >= 4 is 61.3 Å². The molecular formula is C21H24F2N9O10P2S+. The number of phosphoric acid groups is 1. The van der Waals surface area contributed by atoms with E-state index in [0.29, 0.717) is 0 Å². The third kappa shape index (κ3) is 5.94. The molecule has 242 valence electrons. The summed E-state index contributed by atoms with van der Waals surface area (Å²) in [7, 11) is -7.92. The van der Waals surface area contributed by atoms with Crippen LogP contribution in [-0.2, 0) is 32.2 Å². The van der Waals surface area contributed by atoms with Gasteiger partial charge in [-0.15, -0.1) is 4.52 Å². The highest BCUT2D eigenvalue weighted by Crippen LogP contribution is 2.51. The number of rotatable bonds is 10. The lowest BCUT2D eigenvalue weighted by molar-refractivity contribution is -0.0585. The lowest BCUT2D eigenvalue weighted by atomic mass is 10.1. The largest absolute Gasteiger partial charge is 0.582 e. The van der Waals surface area contributed by atoms with Crippen LogP contribution in [0.2, 0.25) is 0 Å². The van der Waals surface area contributed by atoms with Crippen LogP contribution in [-0.4, -0.2) is 94.0 Å². The van der Waals surface area contributed by atoms with Gasteiger partial charge in [0, 0.05) is 6.20 Å². The molecule has 2 aliphatic heterocycles. The highest BCUT2D eigenvalue weighted by molar-refractivity contribution is 8.39. The van der Waals surface area contributed by atoms with Crippen LogP contribution in [0.3, 0.4) is 0 Å². The first-order chi connectivity index (χ1) is 21.4. The van der Waals surface area contributed by atoms with Crippen molar-refractivity contribution < 1.29 is 51.0 Å². The van der Waals surface area contributed by atoms with Crippen molar-refractivity contribution in [3.63, 3.8) is 0 Å². The molecule has 6 heterocycles. The fraction of sp³-hybridized carbons (Fsp3) is 0.476. The molecular weight excluding hydrogens is 670 g/mol. The third-order valence-electron chi connectivity index (χ3n) is 7.07. The van der Waals surface area contributed by atoms with Gasteiger partial charge >= 0.3 is 15.1 Å². The molecule has 0 amide bonds. The Kier molecular flexibility index (Phi) is 8.63. The molecule has 45 heavy (non-hydrogen) atoms. The molecule has 0 saturated carbocycles. The number of nitrogen functional groups attached to an aromatic ring is 2. The van der Waals surface area contributed by atoms with Crippen LogP contribution in [0.25, 0.3) is 22.3 Å². The number of aromatic nitrogens is 7. The Labute approximate surface area is 255 Å². The minimum Gasteiger partial charge on any atom is -0.397 e. The van der Waals surface area contributed by atoms with Gasteiger partial charge in [0.1, 0.15) is 36.1 Å². The van der Waals surface area contributed by atoms with Crippen molar-refractivity contribution in [2.75, 3.05) is 24.7 Å². The molecule has 4 aromatic heterocycles. The second-order valence-electron chi connectivity index (χ2n) is 9.84. The quantitative estimate of drug-likeness (QED) is 0.0983. The average Bonchev–Trinajstić information content (AvgIpc) is 3.73. The second-order valence-corrected chi connectivity index (χ2v) is 12.9. The number of halogens is 2. The highest BCUT2D eigenvalue weighted by Gasteiger charge is 2.54. The molecule has 2 saturated heterocycles. The molecule has 0 aliphatic carbocycles. The zero-order chi connectivity index (χ0) is 32.2. The van der Waals surface area contributed by atoms with E-state index in [4.69, 9.17) is 34.5 Å². The number of imidazole rings is 2. The van der Waals surface area contributed by atoms with Crippen LogP contribution in [0.15, 0.2) is 29.7 Å². The molecule has 10 atom stereocenters. The SMILES string of the molecule is Nc1nc2c(ncn2[C@@H]2O[C@H](CO)[C@@H](F)[C@H]2OP(=O)(O)OC[C@H]2O[C@@H](n3cnc4c(N)ccnc43)[C@@H](F)[C@@H]2O[P+](=O)S)c(=O)[nH]1. The summed E-state index contributed by atoms with van der Waals surface area (Å²) in [5.41, 5.74) is 11.1. The van der Waals surface area contributed by atoms with E-state index in [2.05, 4.69) is 37.2 Å². The molecule has 0 bridgehead atoms. The minimum atomic E-state index is -5.24. The number of alkyl halides is 2. The topological polar surface area (TPSA) is 267 Å². The van der Waals surface area contributed by atoms with Crippen LogP contribution in [0.4, 0.5) is 20.4 Å². The van der Waals surface area contributed by atoms with Gasteiger partial charge in [-0.2, -0.15) is 4.98 Å². The number of pyridine rings is 1. The van der Waals surface area contributed by atoms with Gasteiger partial charge in [-0.1, -0.05) is 0 Å². The van der Waals surface area contributed by atoms with Gasteiger partial charge in [-0.25, -0.2) is 28.3 Å². The number of thiol groups is 1. The number of aliphatic hydroxyl groups is 1. The lowest BCUT2D eigenvalue weighted by Crippen LogP contribution is -2.34. The molecule has 7 N–H and O–H groups in total. The number of nitrogens with zero attached hydrogens (tertiary/aromatic N) is 6. The molecule has 4 aromatic rings. The summed E-state index contributed by atoms with van der Waals surface area (Å²) in [6, 6.07) is 1.49. The van der Waals surface area contributed by atoms with Gasteiger partial charge in [0.15, 0.2) is 47.7 Å². The summed E-state index contributed by atoms with van der Waals surface area (Å²) in [6.07, 6.45) is -10.2. The molecule has 2 unspecified atom stereocenters. The van der Waals surface area contributed by atoms with Gasteiger partial charge in [0.25, 0.3) is 5.56 Å². The lowest BCUT2D eigenvalue weighted by Gasteiger charge is -2.24. The number of aliphatic hydroxyl groups excluding tert-OH is 1. The van der Waals surface area contributed by atoms with Crippen molar-refractivity contribution in [2.45, 2.75) is 49.2 Å². The average molecular weight is 694 g/mol. The van der Waals surface area contributed by atoms with Gasteiger partial charge in [-0.3, -0.25) is 28.0 Å². The number of aromatic amines is 1. The van der Waals surface area contributed by atoms with E-state index in [9.17, 15) is 23.9 Å². The Morgan fingerprint density at radius 1 is 1.07 bits per heavy atom. The van der Waals surface area contributed by atoms with Gasteiger partial charge < -0.3 is 30.9 Å². The molecule has 24 heteroatoms. The Balaban J connectivity index is 1.22. The third-order valence-corrected chi connectivity index (χ3v) is 8.76. The van der Waals surface area contributed by atoms with Crippen molar-refractivity contribution in [3.05, 3.63) is 35.3 Å². The summed E-state index contributed by atoms with van der Waals surface area (Å²) < 4.78 is 84.6. The Morgan fingerprint density at radius 2 is 1.76 bits per heavy atom. The normalized spacial score (nSPS) is 30.3. The second kappa shape index (κ2) is 12.2. The monoisotopic (exact) mass is 694 g/mol. The summed E-state index contributed by atoms with van der Waals surface area (Å²) in [5.74, 6) is -0.305. The minimum absolute atomic E-state index is 0.152. The number of hydrogen-bond acceptors (Lipinski definition) is 15. The molecule has 0 radical (unpaired) electrons. The van der Waals surface area contributed by atoms with E-state index in [1.54, 1.807) is 0 Å². The first kappa shape index (κ1) is 31.8. The maximum Gasteiger partial charge on any atom is 0.582 e. The predicted molar refractivity (Wildman–Crippen MR) is 151 cm³/mol. The molecule has 0 spiro atoms. The van der Waals surface area contributed by atoms with Crippen molar-refractivity contribution in [3.8, 4) is 0 Å². The maximum absolute atomic E-state index is 15.7. The molecule has 19 nitrogen and oxygen atoms in total. The van der Waals surface area contributed by atoms with E-state index in [1.807, 2.05) is 0 Å². The Bertz CT molecular complexity index is 1860. The maximum atomic E-state index is 15.7. The van der Waals surface area contributed by atoms with Gasteiger partial charge in [-0.05, 0) is 10.6 Å². The zero-order valence-corrected chi connectivity index (χ0v) is 25.1. The number of nitrogens with one attached hydrogen (secondary N) is 1. The van der Waals surface area contributed by atoms with Crippen LogP contribution in [0, 0.1) is 0 Å². The number of fused-ring (bicyclic) bond motifs is 2. The van der Waals surface area contributed by atoms with Gasteiger partial charge in [0.2, 0.25) is 5.95 Å². The van der Waals surface area contributed by atoms with Crippen molar-refractivity contribution in [1.82, 2.24) is 34.1 Å². The summed E-state index contributed by atoms with van der Waals surface area (Å²) in [5, 5.41) is 9.61. The number of anilines is 2. The number of phosphoric ester groups is 1. The van der Waals surface area contributed by atoms with E-state index < -0.39 is 83.0 Å². The highest BCUT2D eigenvalue weighted by atomic mass is 32.7. The van der Waals surface area contributed by atoms with E-state index in [1.165, 1.54) is 23.2 Å². The van der Waals surface area contributed by atoms with Crippen molar-refractivity contribution in [1.29, 1.82) is 0 Å². The van der Waals surface area contributed by atoms with E-state index in [0.717, 1.165) is 10.9 Å². The Morgan fingerprint density at radius 3 is 2.47 bits per heavy atom. The molecule has 6 rings (SSSR count). The molecule has 2 fully saturated rings.